The lowest BCUT2D eigenvalue weighted by Gasteiger charge is -2.08. The molecule has 1 aromatic carbocycles. The van der Waals surface area contributed by atoms with Gasteiger partial charge in [-0.2, -0.15) is 4.98 Å². The van der Waals surface area contributed by atoms with Crippen LogP contribution in [0.2, 0.25) is 0 Å². The molecule has 1 heterocycles. The van der Waals surface area contributed by atoms with Crippen LogP contribution in [0.5, 0.6) is 0 Å². The van der Waals surface area contributed by atoms with Gasteiger partial charge in [0.25, 0.3) is 0 Å². The number of hydrogen-bond donors (Lipinski definition) is 1. The minimum atomic E-state index is -0.274. The van der Waals surface area contributed by atoms with E-state index in [2.05, 4.69) is 15.5 Å². The summed E-state index contributed by atoms with van der Waals surface area (Å²) in [6, 6.07) is 9.31. The van der Waals surface area contributed by atoms with Crippen LogP contribution >= 0.6 is 0 Å². The number of nitrogens with one attached hydrogen (secondary N) is 1. The van der Waals surface area contributed by atoms with E-state index < -0.39 is 0 Å². The summed E-state index contributed by atoms with van der Waals surface area (Å²) in [7, 11) is 0. The van der Waals surface area contributed by atoms with E-state index in [1.807, 2.05) is 44.2 Å². The number of hydrogen-bond acceptors (Lipinski definition) is 4. The second kappa shape index (κ2) is 6.13. The molecule has 0 aliphatic heterocycles. The fraction of sp³-hybridized carbons (Fsp3) is 0.357. The quantitative estimate of drug-likeness (QED) is 0.896. The third kappa shape index (κ3) is 3.40. The van der Waals surface area contributed by atoms with Crippen LogP contribution in [-0.4, -0.2) is 16.0 Å². The summed E-state index contributed by atoms with van der Waals surface area (Å²) < 4.78 is 5.18. The highest BCUT2D eigenvalue weighted by Gasteiger charge is 2.16. The van der Waals surface area contributed by atoms with Crippen molar-refractivity contribution in [2.75, 3.05) is 0 Å². The van der Waals surface area contributed by atoms with Gasteiger partial charge in [0.1, 0.15) is 6.04 Å². The summed E-state index contributed by atoms with van der Waals surface area (Å²) in [5.74, 6) is 0.949. The van der Waals surface area contributed by atoms with Crippen LogP contribution in [0, 0.1) is 0 Å². The van der Waals surface area contributed by atoms with E-state index in [1.54, 1.807) is 0 Å². The predicted octanol–water partition coefficient (Wildman–Crippen LogP) is 2.71. The van der Waals surface area contributed by atoms with Crippen molar-refractivity contribution in [3.05, 3.63) is 36.2 Å². The maximum atomic E-state index is 11.5. The van der Waals surface area contributed by atoms with Gasteiger partial charge in [0.05, 0.1) is 0 Å². The molecule has 1 atom stereocenters. The van der Waals surface area contributed by atoms with Gasteiger partial charge < -0.3 is 9.84 Å². The van der Waals surface area contributed by atoms with E-state index >= 15 is 0 Å². The maximum Gasteiger partial charge on any atom is 0.249 e. The first-order valence-corrected chi connectivity index (χ1v) is 6.39. The largest absolute Gasteiger partial charge is 0.345 e. The van der Waals surface area contributed by atoms with Gasteiger partial charge in [0.2, 0.25) is 17.6 Å². The van der Waals surface area contributed by atoms with E-state index in [-0.39, 0.29) is 11.9 Å². The van der Waals surface area contributed by atoms with Gasteiger partial charge in [-0.15, -0.1) is 0 Å². The Morgan fingerprint density at radius 1 is 1.37 bits per heavy atom. The Labute approximate surface area is 112 Å². The number of nitrogens with zero attached hydrogens (tertiary/aromatic N) is 2. The lowest BCUT2D eigenvalue weighted by Crippen LogP contribution is -2.26. The van der Waals surface area contributed by atoms with Gasteiger partial charge in [0, 0.05) is 12.0 Å². The van der Waals surface area contributed by atoms with Gasteiger partial charge in [-0.3, -0.25) is 4.79 Å². The number of rotatable bonds is 5. The maximum absolute atomic E-state index is 11.5. The van der Waals surface area contributed by atoms with Crippen molar-refractivity contribution in [1.82, 2.24) is 15.5 Å². The minimum absolute atomic E-state index is 0.00513. The molecule has 0 bridgehead atoms. The molecule has 0 fully saturated rings. The van der Waals surface area contributed by atoms with Crippen molar-refractivity contribution in [2.24, 2.45) is 0 Å². The minimum Gasteiger partial charge on any atom is -0.345 e. The fourth-order valence-electron chi connectivity index (χ4n) is 1.72. The van der Waals surface area contributed by atoms with Crippen molar-refractivity contribution in [1.29, 1.82) is 0 Å². The Hall–Kier alpha value is -2.17. The first-order chi connectivity index (χ1) is 9.20. The molecular formula is C14H17N3O2. The van der Waals surface area contributed by atoms with E-state index in [0.29, 0.717) is 18.1 Å². The topological polar surface area (TPSA) is 68.0 Å². The molecule has 0 aliphatic rings. The van der Waals surface area contributed by atoms with Gasteiger partial charge >= 0.3 is 0 Å². The van der Waals surface area contributed by atoms with E-state index in [0.717, 1.165) is 12.0 Å². The van der Waals surface area contributed by atoms with Crippen LogP contribution < -0.4 is 5.32 Å². The zero-order valence-electron chi connectivity index (χ0n) is 11.1. The molecule has 0 radical (unpaired) electrons. The van der Waals surface area contributed by atoms with E-state index in [4.69, 9.17) is 4.52 Å². The summed E-state index contributed by atoms with van der Waals surface area (Å²) >= 11 is 0. The summed E-state index contributed by atoms with van der Waals surface area (Å²) in [6.07, 6.45) is 1.32. The summed E-state index contributed by atoms with van der Waals surface area (Å²) in [5, 5.41) is 6.75. The van der Waals surface area contributed by atoms with E-state index in [9.17, 15) is 4.79 Å². The molecule has 0 saturated heterocycles. The molecule has 2 aromatic rings. The SMILES string of the molecule is CCCC(=O)N[C@@H](C)c1nc(-c2ccccc2)no1. The number of benzene rings is 1. The van der Waals surface area contributed by atoms with Gasteiger partial charge in [0.15, 0.2) is 0 Å². The van der Waals surface area contributed by atoms with Gasteiger partial charge in [-0.1, -0.05) is 42.4 Å². The van der Waals surface area contributed by atoms with Crippen LogP contribution in [-0.2, 0) is 4.79 Å². The molecule has 1 aromatic heterocycles. The number of aromatic nitrogens is 2. The normalized spacial score (nSPS) is 12.1. The second-order valence-corrected chi connectivity index (χ2v) is 4.36. The first kappa shape index (κ1) is 13.3. The summed E-state index contributed by atoms with van der Waals surface area (Å²) in [6.45, 7) is 3.79. The third-order valence-electron chi connectivity index (χ3n) is 2.70. The molecule has 0 spiro atoms. The van der Waals surface area contributed by atoms with Gasteiger partial charge in [-0.05, 0) is 13.3 Å². The number of carbonyl (C=O) groups excluding carboxylic acids is 1. The Bertz CT molecular complexity index is 537. The predicted molar refractivity (Wildman–Crippen MR) is 71.2 cm³/mol. The molecule has 19 heavy (non-hydrogen) atoms. The van der Waals surface area contributed by atoms with Crippen molar-refractivity contribution in [3.63, 3.8) is 0 Å². The van der Waals surface area contributed by atoms with Crippen LogP contribution in [0.4, 0.5) is 0 Å². The third-order valence-corrected chi connectivity index (χ3v) is 2.70. The number of amides is 1. The average molecular weight is 259 g/mol. The van der Waals surface area contributed by atoms with Crippen LogP contribution in [0.15, 0.2) is 34.9 Å². The second-order valence-electron chi connectivity index (χ2n) is 4.36. The smallest absolute Gasteiger partial charge is 0.249 e. The Morgan fingerprint density at radius 3 is 2.79 bits per heavy atom. The molecule has 0 saturated carbocycles. The molecule has 1 amide bonds. The molecule has 1 N–H and O–H groups in total. The molecule has 100 valence electrons. The van der Waals surface area contributed by atoms with E-state index in [1.165, 1.54) is 0 Å². The molecule has 2 rings (SSSR count). The summed E-state index contributed by atoms with van der Waals surface area (Å²) in [5.41, 5.74) is 0.893. The zero-order valence-corrected chi connectivity index (χ0v) is 11.1. The van der Waals surface area contributed by atoms with Crippen molar-refractivity contribution in [3.8, 4) is 11.4 Å². The van der Waals surface area contributed by atoms with Gasteiger partial charge in [-0.25, -0.2) is 0 Å². The Balaban J connectivity index is 2.07. The van der Waals surface area contributed by atoms with Crippen LogP contribution in [0.3, 0.4) is 0 Å². The molecular weight excluding hydrogens is 242 g/mol. The number of carbonyl (C=O) groups is 1. The molecule has 0 aliphatic carbocycles. The Morgan fingerprint density at radius 2 is 2.11 bits per heavy atom. The van der Waals surface area contributed by atoms with Crippen molar-refractivity contribution in [2.45, 2.75) is 32.7 Å². The Kier molecular flexibility index (Phi) is 4.28. The van der Waals surface area contributed by atoms with Crippen LogP contribution in [0.25, 0.3) is 11.4 Å². The lowest BCUT2D eigenvalue weighted by molar-refractivity contribution is -0.121. The standard InChI is InChI=1S/C14H17N3O2/c1-3-7-12(18)15-10(2)14-16-13(17-19-14)11-8-5-4-6-9-11/h4-6,8-10H,3,7H2,1-2H3,(H,15,18)/t10-/m0/s1. The average Bonchev–Trinajstić information content (AvgIpc) is 2.89. The summed E-state index contributed by atoms with van der Waals surface area (Å²) in [4.78, 5) is 15.8. The molecule has 0 unspecified atom stereocenters. The monoisotopic (exact) mass is 259 g/mol. The highest BCUT2D eigenvalue weighted by Crippen LogP contribution is 2.18. The molecule has 5 nitrogen and oxygen atoms in total. The molecule has 5 heteroatoms. The van der Waals surface area contributed by atoms with Crippen molar-refractivity contribution >= 4 is 5.91 Å². The highest BCUT2D eigenvalue weighted by atomic mass is 16.5. The highest BCUT2D eigenvalue weighted by molar-refractivity contribution is 5.76. The van der Waals surface area contributed by atoms with Crippen molar-refractivity contribution < 1.29 is 9.32 Å². The first-order valence-electron chi connectivity index (χ1n) is 6.39. The lowest BCUT2D eigenvalue weighted by atomic mass is 10.2. The van der Waals surface area contributed by atoms with Crippen LogP contribution in [0.1, 0.15) is 38.6 Å². The zero-order chi connectivity index (χ0) is 13.7. The fourth-order valence-corrected chi connectivity index (χ4v) is 1.72.